The van der Waals surface area contributed by atoms with Crippen LogP contribution in [0.4, 0.5) is 4.39 Å². The minimum absolute atomic E-state index is 0.232. The fourth-order valence-corrected chi connectivity index (χ4v) is 4.06. The summed E-state index contributed by atoms with van der Waals surface area (Å²) in [5.41, 5.74) is 5.53. The Bertz CT molecular complexity index is 949. The summed E-state index contributed by atoms with van der Waals surface area (Å²) in [6.07, 6.45) is 4.22. The predicted molar refractivity (Wildman–Crippen MR) is 108 cm³/mol. The molecule has 1 aromatic heterocycles. The van der Waals surface area contributed by atoms with Crippen molar-refractivity contribution in [3.05, 3.63) is 76.9 Å². The zero-order valence-electron chi connectivity index (χ0n) is 16.2. The molecular formula is C23H26FN3O. The Labute approximate surface area is 165 Å². The van der Waals surface area contributed by atoms with Gasteiger partial charge in [0.05, 0.1) is 11.4 Å². The third kappa shape index (κ3) is 3.80. The number of aromatic hydroxyl groups is 1. The normalized spacial score (nSPS) is 13.2. The molecule has 1 aliphatic rings. The zero-order chi connectivity index (χ0) is 19.5. The van der Waals surface area contributed by atoms with E-state index in [9.17, 15) is 9.50 Å². The molecule has 0 radical (unpaired) electrons. The summed E-state index contributed by atoms with van der Waals surface area (Å²) in [5, 5.41) is 15.1. The van der Waals surface area contributed by atoms with Crippen molar-refractivity contribution < 1.29 is 9.50 Å². The van der Waals surface area contributed by atoms with Crippen LogP contribution in [-0.2, 0) is 25.9 Å². The summed E-state index contributed by atoms with van der Waals surface area (Å²) in [4.78, 5) is 2.34. The van der Waals surface area contributed by atoms with Gasteiger partial charge in [-0.3, -0.25) is 4.90 Å². The number of hydrogen-bond acceptors (Lipinski definition) is 3. The first kappa shape index (κ1) is 18.7. The van der Waals surface area contributed by atoms with E-state index in [4.69, 9.17) is 5.10 Å². The largest absolute Gasteiger partial charge is 0.508 e. The Balaban J connectivity index is 1.62. The van der Waals surface area contributed by atoms with E-state index < -0.39 is 0 Å². The second kappa shape index (κ2) is 8.15. The lowest BCUT2D eigenvalue weighted by Crippen LogP contribution is -2.24. The fraction of sp³-hybridized carbons (Fsp3) is 0.348. The predicted octanol–water partition coefficient (Wildman–Crippen LogP) is 4.62. The van der Waals surface area contributed by atoms with Gasteiger partial charge in [0, 0.05) is 24.3 Å². The van der Waals surface area contributed by atoms with Gasteiger partial charge >= 0.3 is 0 Å². The van der Waals surface area contributed by atoms with Crippen molar-refractivity contribution in [2.45, 2.75) is 45.7 Å². The average molecular weight is 379 g/mol. The van der Waals surface area contributed by atoms with Crippen molar-refractivity contribution in [2.24, 2.45) is 0 Å². The minimum atomic E-state index is -0.232. The number of nitrogens with zero attached hydrogens (tertiary/aromatic N) is 3. The maximum absolute atomic E-state index is 13.3. The number of halogens is 1. The van der Waals surface area contributed by atoms with Crippen LogP contribution in [0, 0.1) is 5.82 Å². The smallest absolute Gasteiger partial charge is 0.123 e. The third-order valence-corrected chi connectivity index (χ3v) is 5.38. The highest BCUT2D eigenvalue weighted by atomic mass is 19.1. The summed E-state index contributed by atoms with van der Waals surface area (Å²) >= 11 is 0. The van der Waals surface area contributed by atoms with Crippen molar-refractivity contribution in [1.82, 2.24) is 14.7 Å². The molecule has 0 aliphatic heterocycles. The van der Waals surface area contributed by atoms with E-state index in [-0.39, 0.29) is 5.82 Å². The molecule has 0 amide bonds. The fourth-order valence-electron chi connectivity index (χ4n) is 4.06. The summed E-state index contributed by atoms with van der Waals surface area (Å²) in [6.45, 7) is 4.54. The van der Waals surface area contributed by atoms with E-state index in [1.54, 1.807) is 18.2 Å². The maximum Gasteiger partial charge on any atom is 0.123 e. The molecule has 5 heteroatoms. The number of benzene rings is 2. The van der Waals surface area contributed by atoms with E-state index in [0.29, 0.717) is 12.3 Å². The molecule has 0 unspecified atom stereocenters. The Morgan fingerprint density at radius 3 is 2.61 bits per heavy atom. The number of phenolic OH excluding ortho intramolecular Hbond substituents is 1. The molecule has 2 aromatic carbocycles. The third-order valence-electron chi connectivity index (χ3n) is 5.38. The van der Waals surface area contributed by atoms with Crippen molar-refractivity contribution in [1.29, 1.82) is 0 Å². The lowest BCUT2D eigenvalue weighted by Gasteiger charge is -2.21. The molecule has 146 valence electrons. The van der Waals surface area contributed by atoms with E-state index in [1.807, 2.05) is 22.9 Å². The topological polar surface area (TPSA) is 41.3 Å². The standard InChI is InChI=1S/C23H26FN3O/c1-2-14-26(15-17-6-3-4-9-23(17)28)16-21-20-7-5-8-22(20)27(25-21)19-12-10-18(24)11-13-19/h3-4,6,9-13,28H,2,5,7-8,14-16H2,1H3. The second-order valence-electron chi connectivity index (χ2n) is 7.45. The van der Waals surface area contributed by atoms with Gasteiger partial charge in [-0.1, -0.05) is 25.1 Å². The van der Waals surface area contributed by atoms with Crippen LogP contribution >= 0.6 is 0 Å². The molecular weight excluding hydrogens is 353 g/mol. The van der Waals surface area contributed by atoms with Crippen LogP contribution in [0.15, 0.2) is 48.5 Å². The molecule has 1 aliphatic carbocycles. The van der Waals surface area contributed by atoms with Crippen LogP contribution in [0.2, 0.25) is 0 Å². The number of para-hydroxylation sites is 1. The van der Waals surface area contributed by atoms with Crippen LogP contribution < -0.4 is 0 Å². The second-order valence-corrected chi connectivity index (χ2v) is 7.45. The Morgan fingerprint density at radius 1 is 1.07 bits per heavy atom. The minimum Gasteiger partial charge on any atom is -0.508 e. The van der Waals surface area contributed by atoms with Crippen LogP contribution in [0.1, 0.15) is 42.3 Å². The molecule has 3 aromatic rings. The Morgan fingerprint density at radius 2 is 1.86 bits per heavy atom. The summed E-state index contributed by atoms with van der Waals surface area (Å²) in [7, 11) is 0. The summed E-state index contributed by atoms with van der Waals surface area (Å²) < 4.78 is 15.3. The van der Waals surface area contributed by atoms with Gasteiger partial charge in [-0.25, -0.2) is 9.07 Å². The number of hydrogen-bond donors (Lipinski definition) is 1. The molecule has 4 rings (SSSR count). The van der Waals surface area contributed by atoms with Gasteiger partial charge < -0.3 is 5.11 Å². The first-order valence-corrected chi connectivity index (χ1v) is 10.0. The molecule has 0 atom stereocenters. The maximum atomic E-state index is 13.3. The van der Waals surface area contributed by atoms with Gasteiger partial charge in [0.15, 0.2) is 0 Å². The molecule has 0 spiro atoms. The molecule has 0 saturated heterocycles. The van der Waals surface area contributed by atoms with Gasteiger partial charge in [-0.05, 0) is 68.1 Å². The molecule has 28 heavy (non-hydrogen) atoms. The highest BCUT2D eigenvalue weighted by Crippen LogP contribution is 2.29. The van der Waals surface area contributed by atoms with Crippen molar-refractivity contribution in [2.75, 3.05) is 6.54 Å². The highest BCUT2D eigenvalue weighted by molar-refractivity contribution is 5.40. The van der Waals surface area contributed by atoms with Gasteiger partial charge in [0.1, 0.15) is 11.6 Å². The van der Waals surface area contributed by atoms with E-state index in [1.165, 1.54) is 23.4 Å². The molecule has 0 bridgehead atoms. The van der Waals surface area contributed by atoms with Gasteiger partial charge in [-0.2, -0.15) is 5.10 Å². The van der Waals surface area contributed by atoms with Crippen LogP contribution in [0.5, 0.6) is 5.75 Å². The molecule has 0 fully saturated rings. The number of aromatic nitrogens is 2. The quantitative estimate of drug-likeness (QED) is 0.651. The highest BCUT2D eigenvalue weighted by Gasteiger charge is 2.24. The first-order valence-electron chi connectivity index (χ1n) is 10.0. The van der Waals surface area contributed by atoms with E-state index in [2.05, 4.69) is 11.8 Å². The molecule has 0 saturated carbocycles. The number of phenols is 1. The van der Waals surface area contributed by atoms with E-state index in [0.717, 1.165) is 55.7 Å². The lowest BCUT2D eigenvalue weighted by atomic mass is 10.1. The van der Waals surface area contributed by atoms with Crippen molar-refractivity contribution in [3.63, 3.8) is 0 Å². The van der Waals surface area contributed by atoms with Crippen LogP contribution in [-0.4, -0.2) is 26.3 Å². The molecule has 1 N–H and O–H groups in total. The first-order chi connectivity index (χ1) is 13.7. The SMILES string of the molecule is CCCN(Cc1ccccc1O)Cc1nn(-c2ccc(F)cc2)c2c1CCC2. The summed E-state index contributed by atoms with van der Waals surface area (Å²) in [6, 6.07) is 14.1. The number of rotatable bonds is 7. The Kier molecular flexibility index (Phi) is 5.44. The van der Waals surface area contributed by atoms with Crippen molar-refractivity contribution >= 4 is 0 Å². The van der Waals surface area contributed by atoms with Crippen LogP contribution in [0.25, 0.3) is 5.69 Å². The monoisotopic (exact) mass is 379 g/mol. The van der Waals surface area contributed by atoms with Crippen LogP contribution in [0.3, 0.4) is 0 Å². The summed E-state index contributed by atoms with van der Waals surface area (Å²) in [5.74, 6) is 0.107. The Hall–Kier alpha value is -2.66. The molecule has 4 nitrogen and oxygen atoms in total. The van der Waals surface area contributed by atoms with Gasteiger partial charge in [-0.15, -0.1) is 0 Å². The van der Waals surface area contributed by atoms with Gasteiger partial charge in [0.25, 0.3) is 0 Å². The van der Waals surface area contributed by atoms with Gasteiger partial charge in [0.2, 0.25) is 0 Å². The zero-order valence-corrected chi connectivity index (χ0v) is 16.2. The van der Waals surface area contributed by atoms with E-state index >= 15 is 0 Å². The molecule has 1 heterocycles. The van der Waals surface area contributed by atoms with Crippen molar-refractivity contribution in [3.8, 4) is 11.4 Å². The number of fused-ring (bicyclic) bond motifs is 1. The lowest BCUT2D eigenvalue weighted by molar-refractivity contribution is 0.249. The average Bonchev–Trinajstić information content (AvgIpc) is 3.29.